The van der Waals surface area contributed by atoms with Gasteiger partial charge in [-0.15, -0.1) is 0 Å². The van der Waals surface area contributed by atoms with Gasteiger partial charge in [0.25, 0.3) is 0 Å². The molecule has 1 aliphatic rings. The molecule has 0 bridgehead atoms. The zero-order valence-corrected chi connectivity index (χ0v) is 20.9. The third-order valence-corrected chi connectivity index (χ3v) is 5.53. The minimum atomic E-state index is -0.813. The molecule has 0 aromatic carbocycles. The number of nitrogens with zero attached hydrogens (tertiary/aromatic N) is 1. The number of amides is 1. The van der Waals surface area contributed by atoms with Crippen LogP contribution in [0.15, 0.2) is 24.3 Å². The Morgan fingerprint density at radius 2 is 1.68 bits per heavy atom. The molecule has 0 aliphatic carbocycles. The maximum atomic E-state index is 12.7. The molecule has 1 rings (SSSR count). The number of aliphatic hydroxyl groups is 1. The minimum absolute atomic E-state index is 0.278. The van der Waals surface area contributed by atoms with Crippen molar-refractivity contribution in [1.29, 1.82) is 0 Å². The minimum Gasteiger partial charge on any atom is -0.444 e. The lowest BCUT2D eigenvalue weighted by Gasteiger charge is -2.36. The highest BCUT2D eigenvalue weighted by Gasteiger charge is 2.47. The fraction of sp³-hybridized carbons (Fsp3) is 0.808. The number of allylic oxidation sites excluding steroid dienone is 3. The summed E-state index contributed by atoms with van der Waals surface area (Å²) < 4.78 is 11.3. The number of aliphatic hydroxyl groups excluding tert-OH is 1. The molecular formula is C26H47NO4. The summed E-state index contributed by atoms with van der Waals surface area (Å²) in [4.78, 5) is 14.2. The average molecular weight is 438 g/mol. The monoisotopic (exact) mass is 437 g/mol. The Morgan fingerprint density at radius 1 is 1.10 bits per heavy atom. The molecule has 0 radical (unpaired) electrons. The molecule has 2 atom stereocenters. The van der Waals surface area contributed by atoms with Gasteiger partial charge in [0.05, 0.1) is 18.8 Å². The van der Waals surface area contributed by atoms with Crippen LogP contribution in [0.25, 0.3) is 0 Å². The van der Waals surface area contributed by atoms with E-state index in [-0.39, 0.29) is 6.61 Å². The number of unbranched alkanes of at least 4 members (excludes halogenated alkanes) is 9. The molecule has 0 saturated carbocycles. The SMILES string of the molecule is CCCCCCCCCCC/C=C/C=C/[C@@H](O)[C@@H]1COC(C)(C)N1C(=O)OC(C)(C)C. The lowest BCUT2D eigenvalue weighted by atomic mass is 10.1. The van der Waals surface area contributed by atoms with Gasteiger partial charge >= 0.3 is 6.09 Å². The van der Waals surface area contributed by atoms with Crippen LogP contribution in [0.3, 0.4) is 0 Å². The normalized spacial score (nSPS) is 20.1. The molecule has 1 amide bonds. The predicted octanol–water partition coefficient (Wildman–Crippen LogP) is 6.75. The number of ether oxygens (including phenoxy) is 2. The van der Waals surface area contributed by atoms with E-state index in [0.29, 0.717) is 0 Å². The van der Waals surface area contributed by atoms with Gasteiger partial charge < -0.3 is 14.6 Å². The second-order valence-electron chi connectivity index (χ2n) is 10.1. The van der Waals surface area contributed by atoms with Gasteiger partial charge in [-0.2, -0.15) is 0 Å². The van der Waals surface area contributed by atoms with Crippen molar-refractivity contribution < 1.29 is 19.4 Å². The zero-order chi connectivity index (χ0) is 23.3. The molecule has 1 fully saturated rings. The summed E-state index contributed by atoms with van der Waals surface area (Å²) in [6, 6.07) is -0.466. The van der Waals surface area contributed by atoms with Crippen LogP contribution in [0.2, 0.25) is 0 Å². The maximum Gasteiger partial charge on any atom is 0.413 e. The molecule has 0 aromatic heterocycles. The third-order valence-electron chi connectivity index (χ3n) is 5.53. The van der Waals surface area contributed by atoms with E-state index in [1.54, 1.807) is 6.08 Å². The predicted molar refractivity (Wildman–Crippen MR) is 128 cm³/mol. The Morgan fingerprint density at radius 3 is 2.26 bits per heavy atom. The Hall–Kier alpha value is -1.33. The molecule has 1 aliphatic heterocycles. The Bertz CT molecular complexity index is 562. The molecule has 180 valence electrons. The van der Waals surface area contributed by atoms with Gasteiger partial charge in [0.2, 0.25) is 0 Å². The van der Waals surface area contributed by atoms with Crippen LogP contribution in [0.4, 0.5) is 4.79 Å². The van der Waals surface area contributed by atoms with Crippen molar-refractivity contribution in [3.63, 3.8) is 0 Å². The zero-order valence-electron chi connectivity index (χ0n) is 20.9. The fourth-order valence-corrected chi connectivity index (χ4v) is 3.80. The standard InChI is InChI=1S/C26H47NO4/c1-7-8-9-10-11-12-13-14-15-16-17-18-19-20-23(28)22-21-30-26(5,6)27(22)24(29)31-25(2,3)4/h17-20,22-23,28H,7-16,21H2,1-6H3/b18-17+,20-19+/t22-,23+/m0/s1. The smallest absolute Gasteiger partial charge is 0.413 e. The highest BCUT2D eigenvalue weighted by Crippen LogP contribution is 2.31. The summed E-state index contributed by atoms with van der Waals surface area (Å²) in [5, 5.41) is 10.6. The van der Waals surface area contributed by atoms with Crippen LogP contribution in [0, 0.1) is 0 Å². The second kappa shape index (κ2) is 13.9. The molecule has 0 spiro atoms. The van der Waals surface area contributed by atoms with E-state index in [0.717, 1.165) is 6.42 Å². The van der Waals surface area contributed by atoms with E-state index < -0.39 is 29.6 Å². The second-order valence-corrected chi connectivity index (χ2v) is 10.1. The van der Waals surface area contributed by atoms with Crippen LogP contribution in [0.1, 0.15) is 106 Å². The Kier molecular flexibility index (Phi) is 12.5. The van der Waals surface area contributed by atoms with Gasteiger partial charge in [0.15, 0.2) is 0 Å². The van der Waals surface area contributed by atoms with Crippen LogP contribution in [-0.4, -0.2) is 46.2 Å². The van der Waals surface area contributed by atoms with E-state index in [1.165, 1.54) is 62.7 Å². The summed E-state index contributed by atoms with van der Waals surface area (Å²) in [7, 11) is 0. The fourth-order valence-electron chi connectivity index (χ4n) is 3.80. The average Bonchev–Trinajstić information content (AvgIpc) is 2.99. The van der Waals surface area contributed by atoms with Crippen LogP contribution in [-0.2, 0) is 9.47 Å². The molecular weight excluding hydrogens is 390 g/mol. The lowest BCUT2D eigenvalue weighted by molar-refractivity contribution is -0.0660. The largest absolute Gasteiger partial charge is 0.444 e. The first kappa shape index (κ1) is 27.7. The molecule has 5 nitrogen and oxygen atoms in total. The van der Waals surface area contributed by atoms with E-state index in [1.807, 2.05) is 46.8 Å². The molecule has 5 heteroatoms. The van der Waals surface area contributed by atoms with Crippen molar-refractivity contribution in [3.8, 4) is 0 Å². The Balaban J connectivity index is 2.34. The summed E-state index contributed by atoms with van der Waals surface area (Å²) in [6.07, 6.45) is 19.5. The van der Waals surface area contributed by atoms with Crippen molar-refractivity contribution >= 4 is 6.09 Å². The van der Waals surface area contributed by atoms with Crippen molar-refractivity contribution in [2.75, 3.05) is 6.61 Å². The quantitative estimate of drug-likeness (QED) is 0.256. The number of carbonyl (C=O) groups is 1. The summed E-state index contributed by atoms with van der Waals surface area (Å²) >= 11 is 0. The highest BCUT2D eigenvalue weighted by atomic mass is 16.6. The van der Waals surface area contributed by atoms with Crippen LogP contribution in [0.5, 0.6) is 0 Å². The summed E-state index contributed by atoms with van der Waals surface area (Å²) in [5.41, 5.74) is -1.41. The van der Waals surface area contributed by atoms with E-state index in [2.05, 4.69) is 13.0 Å². The number of hydrogen-bond acceptors (Lipinski definition) is 4. The molecule has 1 heterocycles. The molecule has 31 heavy (non-hydrogen) atoms. The molecule has 1 N–H and O–H groups in total. The first-order chi connectivity index (χ1) is 14.6. The number of rotatable bonds is 13. The lowest BCUT2D eigenvalue weighted by Crippen LogP contribution is -2.53. The maximum absolute atomic E-state index is 12.7. The van der Waals surface area contributed by atoms with Crippen molar-refractivity contribution in [2.24, 2.45) is 0 Å². The third kappa shape index (κ3) is 11.2. The molecule has 0 aromatic rings. The summed E-state index contributed by atoms with van der Waals surface area (Å²) in [6.45, 7) is 11.7. The first-order valence-corrected chi connectivity index (χ1v) is 12.3. The van der Waals surface area contributed by atoms with E-state index in [9.17, 15) is 9.90 Å². The van der Waals surface area contributed by atoms with E-state index in [4.69, 9.17) is 9.47 Å². The van der Waals surface area contributed by atoms with Gasteiger partial charge in [-0.05, 0) is 47.5 Å². The molecule has 1 saturated heterocycles. The number of carbonyl (C=O) groups excluding carboxylic acids is 1. The van der Waals surface area contributed by atoms with Gasteiger partial charge in [-0.25, -0.2) is 4.79 Å². The van der Waals surface area contributed by atoms with Crippen molar-refractivity contribution in [3.05, 3.63) is 24.3 Å². The van der Waals surface area contributed by atoms with Gasteiger partial charge in [0.1, 0.15) is 11.3 Å². The van der Waals surface area contributed by atoms with Crippen molar-refractivity contribution in [1.82, 2.24) is 4.90 Å². The van der Waals surface area contributed by atoms with Crippen LogP contribution < -0.4 is 0 Å². The molecule has 0 unspecified atom stereocenters. The van der Waals surface area contributed by atoms with Crippen molar-refractivity contribution in [2.45, 2.75) is 129 Å². The number of hydrogen-bond donors (Lipinski definition) is 1. The van der Waals surface area contributed by atoms with Gasteiger partial charge in [0, 0.05) is 0 Å². The highest BCUT2D eigenvalue weighted by molar-refractivity contribution is 5.70. The van der Waals surface area contributed by atoms with Crippen LogP contribution >= 0.6 is 0 Å². The topological polar surface area (TPSA) is 59.0 Å². The van der Waals surface area contributed by atoms with E-state index >= 15 is 0 Å². The Labute approximate surface area is 190 Å². The van der Waals surface area contributed by atoms with Gasteiger partial charge in [-0.3, -0.25) is 4.90 Å². The first-order valence-electron chi connectivity index (χ1n) is 12.3. The summed E-state index contributed by atoms with van der Waals surface area (Å²) in [5.74, 6) is 0. The van der Waals surface area contributed by atoms with Gasteiger partial charge in [-0.1, -0.05) is 82.6 Å².